The van der Waals surface area contributed by atoms with E-state index in [2.05, 4.69) is 5.32 Å². The van der Waals surface area contributed by atoms with Gasteiger partial charge in [-0.15, -0.1) is 0 Å². The highest BCUT2D eigenvalue weighted by Crippen LogP contribution is 2.34. The van der Waals surface area contributed by atoms with Gasteiger partial charge >= 0.3 is 0 Å². The second kappa shape index (κ2) is 15.1. The highest BCUT2D eigenvalue weighted by molar-refractivity contribution is 7.92. The molecule has 3 aromatic carbocycles. The molecule has 1 atom stereocenters. The number of ether oxygens (including phenoxy) is 2. The number of carbonyl (C=O) groups is 2. The molecule has 0 aliphatic heterocycles. The molecule has 11 heteroatoms. The highest BCUT2D eigenvalue weighted by Gasteiger charge is 2.34. The van der Waals surface area contributed by atoms with Crippen LogP contribution in [0.1, 0.15) is 51.0 Å². The topological polar surface area (TPSA) is 105 Å². The molecule has 2 amide bonds. The Morgan fingerprint density at radius 3 is 2.20 bits per heavy atom. The van der Waals surface area contributed by atoms with Gasteiger partial charge in [-0.3, -0.25) is 13.9 Å². The maximum Gasteiger partial charge on any atom is 0.264 e. The number of nitrogens with zero attached hydrogens (tertiary/aromatic N) is 2. The number of carbonyl (C=O) groups excluding carboxylic acids is 2. The van der Waals surface area contributed by atoms with Crippen LogP contribution in [0.2, 0.25) is 0 Å². The molecule has 4 rings (SSSR count). The van der Waals surface area contributed by atoms with Crippen LogP contribution < -0.4 is 19.1 Å². The average molecular weight is 626 g/mol. The molecule has 3 aromatic rings. The maximum atomic E-state index is 14.3. The Hall–Kier alpha value is -4.12. The van der Waals surface area contributed by atoms with E-state index in [1.54, 1.807) is 36.4 Å². The van der Waals surface area contributed by atoms with E-state index >= 15 is 0 Å². The molecule has 9 nitrogen and oxygen atoms in total. The Morgan fingerprint density at radius 1 is 0.932 bits per heavy atom. The van der Waals surface area contributed by atoms with Gasteiger partial charge in [0, 0.05) is 18.7 Å². The lowest BCUT2D eigenvalue weighted by molar-refractivity contribution is -0.140. The fraction of sp³-hybridized carbons (Fsp3) is 0.394. The van der Waals surface area contributed by atoms with Crippen LogP contribution in [0.15, 0.2) is 77.7 Å². The van der Waals surface area contributed by atoms with E-state index in [0.717, 1.165) is 36.4 Å². The van der Waals surface area contributed by atoms with Crippen molar-refractivity contribution in [2.24, 2.45) is 0 Å². The number of methoxy groups -OCH3 is 2. The molecule has 1 saturated carbocycles. The third kappa shape index (κ3) is 7.88. The molecule has 1 aliphatic carbocycles. The Morgan fingerprint density at radius 2 is 1.59 bits per heavy atom. The third-order valence-electron chi connectivity index (χ3n) is 7.87. The van der Waals surface area contributed by atoms with Gasteiger partial charge in [0.25, 0.3) is 10.0 Å². The molecule has 0 radical (unpaired) electrons. The summed E-state index contributed by atoms with van der Waals surface area (Å²) in [6, 6.07) is 17.2. The molecule has 0 aromatic heterocycles. The van der Waals surface area contributed by atoms with Crippen molar-refractivity contribution in [3.63, 3.8) is 0 Å². The minimum atomic E-state index is -4.24. The number of nitrogens with one attached hydrogen (secondary N) is 1. The Labute approximate surface area is 259 Å². The van der Waals surface area contributed by atoms with Crippen molar-refractivity contribution in [3.8, 4) is 11.5 Å². The molecule has 1 unspecified atom stereocenters. The summed E-state index contributed by atoms with van der Waals surface area (Å²) in [6.07, 6.45) is 5.22. The predicted octanol–water partition coefficient (Wildman–Crippen LogP) is 5.29. The summed E-state index contributed by atoms with van der Waals surface area (Å²) in [5.74, 6) is -0.634. The first kappa shape index (κ1) is 32.8. The van der Waals surface area contributed by atoms with Crippen molar-refractivity contribution >= 4 is 27.5 Å². The normalized spacial score (nSPS) is 14.4. The summed E-state index contributed by atoms with van der Waals surface area (Å²) in [6.45, 7) is 1.20. The first-order valence-electron chi connectivity index (χ1n) is 14.8. The molecule has 0 heterocycles. The monoisotopic (exact) mass is 625 g/mol. The van der Waals surface area contributed by atoms with Gasteiger partial charge in [-0.25, -0.2) is 12.8 Å². The summed E-state index contributed by atoms with van der Waals surface area (Å²) >= 11 is 0. The van der Waals surface area contributed by atoms with Crippen LogP contribution in [0.25, 0.3) is 0 Å². The van der Waals surface area contributed by atoms with E-state index in [1.165, 1.54) is 55.5 Å². The first-order chi connectivity index (χ1) is 21.2. The lowest BCUT2D eigenvalue weighted by atomic mass is 9.95. The van der Waals surface area contributed by atoms with E-state index < -0.39 is 34.3 Å². The van der Waals surface area contributed by atoms with Gasteiger partial charge in [-0.1, -0.05) is 56.5 Å². The fourth-order valence-electron chi connectivity index (χ4n) is 5.48. The van der Waals surface area contributed by atoms with Gasteiger partial charge in [0.2, 0.25) is 11.8 Å². The summed E-state index contributed by atoms with van der Waals surface area (Å²) in [5, 5.41) is 3.11. The minimum Gasteiger partial charge on any atom is -0.493 e. The van der Waals surface area contributed by atoms with E-state index in [0.29, 0.717) is 17.7 Å². The van der Waals surface area contributed by atoms with Crippen LogP contribution in [0, 0.1) is 5.82 Å². The van der Waals surface area contributed by atoms with E-state index in [1.807, 2.05) is 6.92 Å². The van der Waals surface area contributed by atoms with Crippen LogP contribution >= 0.6 is 0 Å². The fourth-order valence-corrected chi connectivity index (χ4v) is 6.91. The zero-order valence-corrected chi connectivity index (χ0v) is 26.2. The lowest BCUT2D eigenvalue weighted by Crippen LogP contribution is -2.54. The largest absolute Gasteiger partial charge is 0.493 e. The molecular formula is C33H40FN3O6S. The third-order valence-corrected chi connectivity index (χ3v) is 9.66. The summed E-state index contributed by atoms with van der Waals surface area (Å²) in [5.41, 5.74) is 0.786. The van der Waals surface area contributed by atoms with Crippen LogP contribution in [-0.2, 0) is 26.2 Å². The Kier molecular flexibility index (Phi) is 11.2. The molecule has 0 saturated heterocycles. The van der Waals surface area contributed by atoms with Crippen molar-refractivity contribution < 1.29 is 31.9 Å². The van der Waals surface area contributed by atoms with Gasteiger partial charge in [0.15, 0.2) is 11.5 Å². The molecular weight excluding hydrogens is 585 g/mol. The van der Waals surface area contributed by atoms with E-state index in [4.69, 9.17) is 9.47 Å². The van der Waals surface area contributed by atoms with Gasteiger partial charge in [0.1, 0.15) is 18.4 Å². The van der Waals surface area contributed by atoms with Crippen LogP contribution in [0.4, 0.5) is 10.1 Å². The average Bonchev–Trinajstić information content (AvgIpc) is 3.04. The predicted molar refractivity (Wildman–Crippen MR) is 167 cm³/mol. The van der Waals surface area contributed by atoms with Crippen molar-refractivity contribution in [3.05, 3.63) is 84.2 Å². The second-order valence-electron chi connectivity index (χ2n) is 10.8. The van der Waals surface area contributed by atoms with Crippen LogP contribution in [-0.4, -0.2) is 58.0 Å². The molecule has 1 aliphatic rings. The number of rotatable bonds is 13. The Balaban J connectivity index is 1.73. The number of halogens is 1. The smallest absolute Gasteiger partial charge is 0.264 e. The van der Waals surface area contributed by atoms with Crippen LogP contribution in [0.3, 0.4) is 0 Å². The molecule has 236 valence electrons. The SMILES string of the molecule is CCC(C(=O)NC1CCCCC1)N(Cc1ccc(F)cc1)C(=O)CN(c1ccc(OC)c(OC)c1)S(=O)(=O)c1ccccc1. The highest BCUT2D eigenvalue weighted by atomic mass is 32.2. The van der Waals surface area contributed by atoms with Crippen molar-refractivity contribution in [2.75, 3.05) is 25.1 Å². The van der Waals surface area contributed by atoms with E-state index in [-0.39, 0.29) is 34.8 Å². The summed E-state index contributed by atoms with van der Waals surface area (Å²) < 4.78 is 53.6. The summed E-state index contributed by atoms with van der Waals surface area (Å²) in [7, 11) is -1.34. The molecule has 0 spiro atoms. The van der Waals surface area contributed by atoms with Crippen LogP contribution in [0.5, 0.6) is 11.5 Å². The minimum absolute atomic E-state index is 0.00486. The number of hydrogen-bond donors (Lipinski definition) is 1. The second-order valence-corrected chi connectivity index (χ2v) is 12.6. The van der Waals surface area contributed by atoms with Gasteiger partial charge in [-0.05, 0) is 61.2 Å². The molecule has 1 fully saturated rings. The number of anilines is 1. The van der Waals surface area contributed by atoms with Gasteiger partial charge in [-0.2, -0.15) is 0 Å². The quantitative estimate of drug-likeness (QED) is 0.277. The lowest BCUT2D eigenvalue weighted by Gasteiger charge is -2.34. The standard InChI is InChI=1S/C33H40FN3O6S/c1-4-29(33(39)35-26-11-7-5-8-12-26)36(22-24-15-17-25(34)18-16-24)32(38)23-37(44(40,41)28-13-9-6-10-14-28)27-19-20-30(42-2)31(21-27)43-3/h6,9-10,13-21,26,29H,4-5,7-8,11-12,22-23H2,1-3H3,(H,35,39). The van der Waals surface area contributed by atoms with Crippen molar-refractivity contribution in [2.45, 2.75) is 69.0 Å². The molecule has 0 bridgehead atoms. The maximum absolute atomic E-state index is 14.3. The number of amides is 2. The van der Waals surface area contributed by atoms with Crippen molar-refractivity contribution in [1.82, 2.24) is 10.2 Å². The number of hydrogen-bond acceptors (Lipinski definition) is 6. The molecule has 44 heavy (non-hydrogen) atoms. The zero-order chi connectivity index (χ0) is 31.7. The molecule has 1 N–H and O–H groups in total. The zero-order valence-electron chi connectivity index (χ0n) is 25.4. The summed E-state index contributed by atoms with van der Waals surface area (Å²) in [4.78, 5) is 29.3. The van der Waals surface area contributed by atoms with Gasteiger partial charge in [0.05, 0.1) is 24.8 Å². The van der Waals surface area contributed by atoms with Gasteiger partial charge < -0.3 is 19.7 Å². The van der Waals surface area contributed by atoms with E-state index in [9.17, 15) is 22.4 Å². The van der Waals surface area contributed by atoms with Crippen molar-refractivity contribution in [1.29, 1.82) is 0 Å². The first-order valence-corrected chi connectivity index (χ1v) is 16.3. The Bertz CT molecular complexity index is 1510. The number of sulfonamides is 1. The number of benzene rings is 3.